The predicted octanol–water partition coefficient (Wildman–Crippen LogP) is 2.98. The second-order valence-electron chi connectivity index (χ2n) is 5.38. The highest BCUT2D eigenvalue weighted by atomic mass is 32.2. The number of benzene rings is 1. The number of carbonyl (C=O) groups is 1. The van der Waals surface area contributed by atoms with Gasteiger partial charge in [0.1, 0.15) is 0 Å². The van der Waals surface area contributed by atoms with Crippen LogP contribution in [0.15, 0.2) is 47.9 Å². The summed E-state index contributed by atoms with van der Waals surface area (Å²) in [4.78, 5) is 16.2. The first-order chi connectivity index (χ1) is 10.2. The standard InChI is InChI=1S/C16H18N2O2S/c1-20-14(19)16(7-8-16)12-21-15-17-9-10-18(15)11-13-5-3-2-4-6-13/h2-6,9-10H,7-8,11-12H2,1H3. The van der Waals surface area contributed by atoms with Crippen molar-refractivity contribution in [2.45, 2.75) is 24.5 Å². The Hall–Kier alpha value is -1.75. The molecule has 1 aliphatic rings. The minimum Gasteiger partial charge on any atom is -0.469 e. The van der Waals surface area contributed by atoms with E-state index < -0.39 is 0 Å². The Balaban J connectivity index is 1.65. The summed E-state index contributed by atoms with van der Waals surface area (Å²) in [5.74, 6) is 0.655. The fourth-order valence-electron chi connectivity index (χ4n) is 2.31. The number of carbonyl (C=O) groups excluding carboxylic acids is 1. The highest BCUT2D eigenvalue weighted by Gasteiger charge is 2.51. The van der Waals surface area contributed by atoms with Crippen molar-refractivity contribution in [1.29, 1.82) is 0 Å². The molecule has 1 aromatic carbocycles. The zero-order valence-corrected chi connectivity index (χ0v) is 12.8. The molecule has 2 aromatic rings. The molecule has 0 saturated heterocycles. The van der Waals surface area contributed by atoms with Crippen molar-refractivity contribution in [2.24, 2.45) is 5.41 Å². The molecule has 0 aliphatic heterocycles. The van der Waals surface area contributed by atoms with Gasteiger partial charge in [-0.3, -0.25) is 4.79 Å². The van der Waals surface area contributed by atoms with Crippen molar-refractivity contribution >= 4 is 17.7 Å². The molecule has 0 N–H and O–H groups in total. The zero-order valence-electron chi connectivity index (χ0n) is 12.0. The molecule has 0 radical (unpaired) electrons. The van der Waals surface area contributed by atoms with E-state index in [4.69, 9.17) is 4.74 Å². The van der Waals surface area contributed by atoms with Crippen molar-refractivity contribution in [3.8, 4) is 0 Å². The summed E-state index contributed by atoms with van der Waals surface area (Å²) in [6, 6.07) is 10.3. The molecule has 1 heterocycles. The van der Waals surface area contributed by atoms with Crippen LogP contribution in [0.2, 0.25) is 0 Å². The predicted molar refractivity (Wildman–Crippen MR) is 82.2 cm³/mol. The molecule has 21 heavy (non-hydrogen) atoms. The number of hydrogen-bond donors (Lipinski definition) is 0. The molecule has 0 amide bonds. The van der Waals surface area contributed by atoms with Gasteiger partial charge < -0.3 is 9.30 Å². The Labute approximate surface area is 128 Å². The molecule has 3 rings (SSSR count). The Bertz CT molecular complexity index is 620. The van der Waals surface area contributed by atoms with Gasteiger partial charge in [-0.05, 0) is 18.4 Å². The van der Waals surface area contributed by atoms with E-state index in [1.54, 1.807) is 11.8 Å². The van der Waals surface area contributed by atoms with Crippen LogP contribution < -0.4 is 0 Å². The maximum Gasteiger partial charge on any atom is 0.312 e. The van der Waals surface area contributed by atoms with E-state index in [2.05, 4.69) is 21.7 Å². The van der Waals surface area contributed by atoms with E-state index in [-0.39, 0.29) is 11.4 Å². The monoisotopic (exact) mass is 302 g/mol. The van der Waals surface area contributed by atoms with Crippen molar-refractivity contribution in [2.75, 3.05) is 12.9 Å². The van der Waals surface area contributed by atoms with E-state index in [0.29, 0.717) is 0 Å². The smallest absolute Gasteiger partial charge is 0.312 e. The molecule has 4 nitrogen and oxygen atoms in total. The van der Waals surface area contributed by atoms with Gasteiger partial charge in [0.2, 0.25) is 0 Å². The number of rotatable bonds is 6. The average molecular weight is 302 g/mol. The first-order valence-electron chi connectivity index (χ1n) is 7.00. The Morgan fingerprint density at radius 2 is 2.14 bits per heavy atom. The molecular weight excluding hydrogens is 284 g/mol. The number of methoxy groups -OCH3 is 1. The lowest BCUT2D eigenvalue weighted by Gasteiger charge is -2.12. The normalized spacial score (nSPS) is 15.7. The number of thioether (sulfide) groups is 1. The molecule has 0 unspecified atom stereocenters. The number of esters is 1. The quantitative estimate of drug-likeness (QED) is 0.608. The highest BCUT2D eigenvalue weighted by Crippen LogP contribution is 2.49. The molecule has 0 spiro atoms. The van der Waals surface area contributed by atoms with E-state index in [9.17, 15) is 4.79 Å². The molecule has 1 aliphatic carbocycles. The van der Waals surface area contributed by atoms with E-state index in [1.807, 2.05) is 30.6 Å². The Morgan fingerprint density at radius 3 is 2.81 bits per heavy atom. The van der Waals surface area contributed by atoms with Crippen LogP contribution in [-0.4, -0.2) is 28.4 Å². The maximum atomic E-state index is 11.8. The molecule has 110 valence electrons. The van der Waals surface area contributed by atoms with E-state index in [1.165, 1.54) is 12.7 Å². The Kier molecular flexibility index (Phi) is 4.01. The number of nitrogens with zero attached hydrogens (tertiary/aromatic N) is 2. The zero-order chi connectivity index (χ0) is 14.7. The lowest BCUT2D eigenvalue weighted by atomic mass is 10.1. The van der Waals surface area contributed by atoms with Gasteiger partial charge in [-0.25, -0.2) is 4.98 Å². The third kappa shape index (κ3) is 3.13. The first kappa shape index (κ1) is 14.2. The maximum absolute atomic E-state index is 11.8. The minimum absolute atomic E-state index is 0.0869. The third-order valence-corrected chi connectivity index (χ3v) is 5.12. The lowest BCUT2D eigenvalue weighted by Crippen LogP contribution is -2.20. The summed E-state index contributed by atoms with van der Waals surface area (Å²) in [7, 11) is 1.46. The largest absolute Gasteiger partial charge is 0.469 e. The number of hydrogen-bond acceptors (Lipinski definition) is 4. The molecule has 1 saturated carbocycles. The van der Waals surface area contributed by atoms with Gasteiger partial charge in [0.25, 0.3) is 0 Å². The van der Waals surface area contributed by atoms with E-state index >= 15 is 0 Å². The van der Waals surface area contributed by atoms with E-state index in [0.717, 1.165) is 30.3 Å². The lowest BCUT2D eigenvalue weighted by molar-refractivity contribution is -0.146. The van der Waals surface area contributed by atoms with Gasteiger partial charge in [0.15, 0.2) is 5.16 Å². The first-order valence-corrected chi connectivity index (χ1v) is 7.98. The van der Waals surface area contributed by atoms with Crippen LogP contribution in [-0.2, 0) is 16.1 Å². The molecular formula is C16H18N2O2S. The van der Waals surface area contributed by atoms with Crippen LogP contribution in [0, 0.1) is 5.41 Å². The van der Waals surface area contributed by atoms with Gasteiger partial charge in [-0.15, -0.1) is 0 Å². The van der Waals surface area contributed by atoms with Crippen molar-refractivity contribution < 1.29 is 9.53 Å². The van der Waals surface area contributed by atoms with Crippen LogP contribution in [0.3, 0.4) is 0 Å². The highest BCUT2D eigenvalue weighted by molar-refractivity contribution is 7.99. The summed E-state index contributed by atoms with van der Waals surface area (Å²) in [6.07, 6.45) is 5.63. The summed E-state index contributed by atoms with van der Waals surface area (Å²) in [6.45, 7) is 0.800. The molecule has 5 heteroatoms. The number of imidazole rings is 1. The molecule has 0 bridgehead atoms. The summed E-state index contributed by atoms with van der Waals surface area (Å²) in [5, 5.41) is 0.953. The van der Waals surface area contributed by atoms with Gasteiger partial charge >= 0.3 is 5.97 Å². The molecule has 0 atom stereocenters. The SMILES string of the molecule is COC(=O)C1(CSc2nccn2Cc2ccccc2)CC1. The number of ether oxygens (including phenoxy) is 1. The number of aromatic nitrogens is 2. The van der Waals surface area contributed by atoms with Crippen molar-refractivity contribution in [3.05, 3.63) is 48.3 Å². The second kappa shape index (κ2) is 5.93. The average Bonchev–Trinajstić information content (AvgIpc) is 3.20. The van der Waals surface area contributed by atoms with Crippen LogP contribution in [0.5, 0.6) is 0 Å². The van der Waals surface area contributed by atoms with Crippen LogP contribution in [0.4, 0.5) is 0 Å². The Morgan fingerprint density at radius 1 is 1.38 bits per heavy atom. The van der Waals surface area contributed by atoms with Crippen molar-refractivity contribution in [3.63, 3.8) is 0 Å². The van der Waals surface area contributed by atoms with Gasteiger partial charge in [-0.1, -0.05) is 42.1 Å². The molecule has 1 fully saturated rings. The fraction of sp³-hybridized carbons (Fsp3) is 0.375. The van der Waals surface area contributed by atoms with Crippen molar-refractivity contribution in [1.82, 2.24) is 9.55 Å². The van der Waals surface area contributed by atoms with Crippen LogP contribution in [0.1, 0.15) is 18.4 Å². The summed E-state index contributed by atoms with van der Waals surface area (Å²) in [5.41, 5.74) is 0.967. The molecule has 1 aromatic heterocycles. The summed E-state index contributed by atoms with van der Waals surface area (Å²) < 4.78 is 7.01. The fourth-order valence-corrected chi connectivity index (χ4v) is 3.55. The minimum atomic E-state index is -0.275. The topological polar surface area (TPSA) is 44.1 Å². The third-order valence-electron chi connectivity index (χ3n) is 3.82. The van der Waals surface area contributed by atoms with Gasteiger partial charge in [-0.2, -0.15) is 0 Å². The second-order valence-corrected chi connectivity index (χ2v) is 6.33. The van der Waals surface area contributed by atoms with Crippen LogP contribution >= 0.6 is 11.8 Å². The van der Waals surface area contributed by atoms with Gasteiger partial charge in [0, 0.05) is 24.7 Å². The summed E-state index contributed by atoms with van der Waals surface area (Å²) >= 11 is 1.64. The van der Waals surface area contributed by atoms with Gasteiger partial charge in [0.05, 0.1) is 12.5 Å². The van der Waals surface area contributed by atoms with Crippen LogP contribution in [0.25, 0.3) is 0 Å².